The molecule has 2 atom stereocenters. The van der Waals surface area contributed by atoms with E-state index in [4.69, 9.17) is 10.5 Å². The first-order chi connectivity index (χ1) is 11.7. The molecule has 2 unspecified atom stereocenters. The minimum absolute atomic E-state index is 0.106. The number of benzene rings is 1. The van der Waals surface area contributed by atoms with Gasteiger partial charge in [0.1, 0.15) is 0 Å². The van der Waals surface area contributed by atoms with Crippen molar-refractivity contribution in [3.8, 4) is 0 Å². The van der Waals surface area contributed by atoms with E-state index in [1.807, 2.05) is 29.1 Å². The van der Waals surface area contributed by atoms with Crippen molar-refractivity contribution in [1.29, 1.82) is 0 Å². The number of nitrogens with one attached hydrogen (secondary N) is 1. The van der Waals surface area contributed by atoms with Crippen LogP contribution in [0.1, 0.15) is 40.9 Å². The molecule has 128 valence electrons. The Morgan fingerprint density at radius 1 is 1.50 bits per heavy atom. The Bertz CT molecular complexity index is 698. The van der Waals surface area contributed by atoms with Gasteiger partial charge >= 0.3 is 0 Å². The second-order valence-corrected chi connectivity index (χ2v) is 6.17. The van der Waals surface area contributed by atoms with Crippen LogP contribution < -0.4 is 11.1 Å². The summed E-state index contributed by atoms with van der Waals surface area (Å²) in [6.45, 7) is 5.30. The zero-order valence-corrected chi connectivity index (χ0v) is 13.9. The molecule has 1 aliphatic rings. The highest BCUT2D eigenvalue weighted by molar-refractivity contribution is 5.92. The van der Waals surface area contributed by atoms with E-state index in [9.17, 15) is 4.79 Å². The van der Waals surface area contributed by atoms with Crippen LogP contribution in [-0.2, 0) is 17.8 Å². The van der Waals surface area contributed by atoms with Gasteiger partial charge in [-0.25, -0.2) is 0 Å². The van der Waals surface area contributed by atoms with E-state index < -0.39 is 5.91 Å². The van der Waals surface area contributed by atoms with Crippen molar-refractivity contribution < 1.29 is 9.53 Å². The summed E-state index contributed by atoms with van der Waals surface area (Å²) in [5.41, 5.74) is 8.07. The van der Waals surface area contributed by atoms with Crippen LogP contribution in [0.3, 0.4) is 0 Å². The van der Waals surface area contributed by atoms with Crippen LogP contribution in [-0.4, -0.2) is 28.8 Å². The number of hydrogen-bond acceptors (Lipinski definition) is 4. The van der Waals surface area contributed by atoms with Gasteiger partial charge in [0, 0.05) is 49.5 Å². The van der Waals surface area contributed by atoms with Crippen LogP contribution in [0.2, 0.25) is 0 Å². The van der Waals surface area contributed by atoms with Crippen LogP contribution in [0.15, 0.2) is 36.7 Å². The average Bonchev–Trinajstić information content (AvgIpc) is 3.23. The summed E-state index contributed by atoms with van der Waals surface area (Å²) in [5, 5.41) is 7.81. The van der Waals surface area contributed by atoms with E-state index in [0.717, 1.165) is 37.2 Å². The van der Waals surface area contributed by atoms with Crippen LogP contribution >= 0.6 is 0 Å². The number of rotatable bonds is 7. The Morgan fingerprint density at radius 3 is 3.12 bits per heavy atom. The van der Waals surface area contributed by atoms with E-state index in [2.05, 4.69) is 23.5 Å². The first-order valence-electron chi connectivity index (χ1n) is 8.40. The maximum absolute atomic E-state index is 11.2. The predicted octanol–water partition coefficient (Wildman–Crippen LogP) is 1.87. The molecule has 3 N–H and O–H groups in total. The fraction of sp³-hybridized carbons (Fsp3) is 0.444. The summed E-state index contributed by atoms with van der Waals surface area (Å²) in [5.74, 6) is 0.0351. The number of amides is 1. The van der Waals surface area contributed by atoms with Gasteiger partial charge in [-0.1, -0.05) is 12.1 Å². The molecule has 1 aromatic heterocycles. The largest absolute Gasteiger partial charge is 0.373 e. The van der Waals surface area contributed by atoms with Crippen LogP contribution in [0.25, 0.3) is 0 Å². The van der Waals surface area contributed by atoms with Crippen LogP contribution in [0, 0.1) is 5.92 Å². The molecule has 6 heteroatoms. The van der Waals surface area contributed by atoms with E-state index in [1.165, 1.54) is 0 Å². The monoisotopic (exact) mass is 328 g/mol. The van der Waals surface area contributed by atoms with E-state index >= 15 is 0 Å². The number of ether oxygens (including phenoxy) is 1. The topological polar surface area (TPSA) is 82.2 Å². The number of carbonyl (C=O) groups is 1. The van der Waals surface area contributed by atoms with Gasteiger partial charge in [0.05, 0.1) is 12.3 Å². The van der Waals surface area contributed by atoms with Crippen LogP contribution in [0.4, 0.5) is 0 Å². The van der Waals surface area contributed by atoms with E-state index in [0.29, 0.717) is 18.0 Å². The van der Waals surface area contributed by atoms with Gasteiger partial charge in [0.15, 0.2) is 0 Å². The summed E-state index contributed by atoms with van der Waals surface area (Å²) < 4.78 is 7.84. The summed E-state index contributed by atoms with van der Waals surface area (Å²) >= 11 is 0. The fourth-order valence-corrected chi connectivity index (χ4v) is 3.15. The second-order valence-electron chi connectivity index (χ2n) is 6.17. The number of primary amides is 1. The highest BCUT2D eigenvalue weighted by Gasteiger charge is 2.30. The summed E-state index contributed by atoms with van der Waals surface area (Å²) in [4.78, 5) is 11.2. The number of nitrogens with zero attached hydrogens (tertiary/aromatic N) is 2. The van der Waals surface area contributed by atoms with E-state index in [-0.39, 0.29) is 6.10 Å². The maximum atomic E-state index is 11.2. The number of nitrogens with two attached hydrogens (primary N) is 1. The Kier molecular flexibility index (Phi) is 5.27. The molecule has 24 heavy (non-hydrogen) atoms. The summed E-state index contributed by atoms with van der Waals surface area (Å²) in [7, 11) is 0. The molecular formula is C18H24N4O2. The molecule has 1 fully saturated rings. The third-order valence-electron chi connectivity index (χ3n) is 4.47. The minimum Gasteiger partial charge on any atom is -0.373 e. The molecule has 0 aliphatic carbocycles. The molecule has 1 aromatic carbocycles. The molecular weight excluding hydrogens is 304 g/mol. The molecule has 1 saturated heterocycles. The third-order valence-corrected chi connectivity index (χ3v) is 4.47. The Balaban J connectivity index is 1.56. The SMILES string of the molecule is CCn1cc(C2OCCC2CNCc2cccc(C(N)=O)c2)cn1. The third kappa shape index (κ3) is 3.83. The molecule has 2 aromatic rings. The maximum Gasteiger partial charge on any atom is 0.248 e. The van der Waals surface area contributed by atoms with Crippen molar-refractivity contribution in [2.75, 3.05) is 13.2 Å². The van der Waals surface area contributed by atoms with Crippen molar-refractivity contribution in [2.45, 2.75) is 32.5 Å². The lowest BCUT2D eigenvalue weighted by atomic mass is 9.97. The number of carbonyl (C=O) groups excluding carboxylic acids is 1. The van der Waals surface area contributed by atoms with Gasteiger partial charge in [-0.15, -0.1) is 0 Å². The molecule has 0 bridgehead atoms. The molecule has 0 saturated carbocycles. The number of hydrogen-bond donors (Lipinski definition) is 2. The first kappa shape index (κ1) is 16.7. The lowest BCUT2D eigenvalue weighted by molar-refractivity contribution is 0.0904. The smallest absolute Gasteiger partial charge is 0.248 e. The highest BCUT2D eigenvalue weighted by Crippen LogP contribution is 2.33. The molecule has 0 spiro atoms. The quantitative estimate of drug-likeness (QED) is 0.813. The van der Waals surface area contributed by atoms with Crippen molar-refractivity contribution >= 4 is 5.91 Å². The van der Waals surface area contributed by atoms with Gasteiger partial charge in [-0.05, 0) is 31.0 Å². The van der Waals surface area contributed by atoms with Crippen LogP contribution in [0.5, 0.6) is 0 Å². The minimum atomic E-state index is -0.394. The van der Waals surface area contributed by atoms with Crippen molar-refractivity contribution in [1.82, 2.24) is 15.1 Å². The fourth-order valence-electron chi connectivity index (χ4n) is 3.15. The molecule has 6 nitrogen and oxygen atoms in total. The number of aryl methyl sites for hydroxylation is 1. The first-order valence-corrected chi connectivity index (χ1v) is 8.40. The molecule has 1 amide bonds. The summed E-state index contributed by atoms with van der Waals surface area (Å²) in [6, 6.07) is 7.42. The van der Waals surface area contributed by atoms with Gasteiger partial charge in [-0.2, -0.15) is 5.10 Å². The lowest BCUT2D eigenvalue weighted by Crippen LogP contribution is -2.24. The van der Waals surface area contributed by atoms with Crippen molar-refractivity contribution in [3.63, 3.8) is 0 Å². The molecule has 2 heterocycles. The average molecular weight is 328 g/mol. The standard InChI is InChI=1S/C18H24N4O2/c1-2-22-12-16(11-21-22)17-15(6-7-24-17)10-20-9-13-4-3-5-14(8-13)18(19)23/h3-5,8,11-12,15,17,20H,2,6-7,9-10H2,1H3,(H2,19,23). The predicted molar refractivity (Wildman–Crippen MR) is 91.4 cm³/mol. The van der Waals surface area contributed by atoms with Gasteiger partial charge in [0.25, 0.3) is 0 Å². The lowest BCUT2D eigenvalue weighted by Gasteiger charge is -2.18. The second kappa shape index (κ2) is 7.59. The molecule has 1 aliphatic heterocycles. The zero-order valence-electron chi connectivity index (χ0n) is 13.9. The van der Waals surface area contributed by atoms with E-state index in [1.54, 1.807) is 6.07 Å². The summed E-state index contributed by atoms with van der Waals surface area (Å²) in [6.07, 6.45) is 5.12. The highest BCUT2D eigenvalue weighted by atomic mass is 16.5. The van der Waals surface area contributed by atoms with Crippen molar-refractivity contribution in [3.05, 3.63) is 53.3 Å². The molecule has 3 rings (SSSR count). The molecule has 0 radical (unpaired) electrons. The Morgan fingerprint density at radius 2 is 2.38 bits per heavy atom. The van der Waals surface area contributed by atoms with Gasteiger partial charge in [-0.3, -0.25) is 9.48 Å². The van der Waals surface area contributed by atoms with Gasteiger partial charge in [0.2, 0.25) is 5.91 Å². The number of aromatic nitrogens is 2. The van der Waals surface area contributed by atoms with Crippen molar-refractivity contribution in [2.24, 2.45) is 11.7 Å². The van der Waals surface area contributed by atoms with Gasteiger partial charge < -0.3 is 15.8 Å². The Labute approximate surface area is 142 Å². The zero-order chi connectivity index (χ0) is 16.9. The normalized spacial score (nSPS) is 20.4. The Hall–Kier alpha value is -2.18.